The number of rotatable bonds is 6. The lowest BCUT2D eigenvalue weighted by Gasteiger charge is -2.17. The Morgan fingerprint density at radius 3 is 3.07 bits per heavy atom. The monoisotopic (exact) mass is 411 g/mol. The molecule has 0 amide bonds. The summed E-state index contributed by atoms with van der Waals surface area (Å²) in [5, 5.41) is 32.1. The molecule has 4 heterocycles. The molecule has 0 aromatic carbocycles. The van der Waals surface area contributed by atoms with Gasteiger partial charge in [0.25, 0.3) is 0 Å². The minimum absolute atomic E-state index is 0.0509. The van der Waals surface area contributed by atoms with Crippen LogP contribution in [-0.2, 0) is 14.3 Å². The summed E-state index contributed by atoms with van der Waals surface area (Å²) in [5.41, 5.74) is 6.41. The van der Waals surface area contributed by atoms with Crippen molar-refractivity contribution in [2.24, 2.45) is 0 Å². The van der Waals surface area contributed by atoms with Gasteiger partial charge in [-0.1, -0.05) is 0 Å². The number of nitrogen functional groups attached to an aromatic ring is 1. The van der Waals surface area contributed by atoms with Gasteiger partial charge >= 0.3 is 5.97 Å². The normalized spacial score (nSPS) is 23.3. The summed E-state index contributed by atoms with van der Waals surface area (Å²) < 4.78 is 12.7. The number of carboxylic acid groups (broad SMARTS) is 1. The van der Waals surface area contributed by atoms with E-state index in [1.54, 1.807) is 0 Å². The summed E-state index contributed by atoms with van der Waals surface area (Å²) in [7, 11) is 0. The van der Waals surface area contributed by atoms with Crippen LogP contribution >= 0.6 is 11.6 Å². The van der Waals surface area contributed by atoms with E-state index in [4.69, 9.17) is 26.8 Å². The van der Waals surface area contributed by atoms with Gasteiger partial charge in [0, 0.05) is 6.42 Å². The number of aromatic amines is 1. The highest BCUT2D eigenvalue weighted by atomic mass is 35.5. The first-order valence-corrected chi connectivity index (χ1v) is 8.39. The number of hydrogen-bond donors (Lipinski definition) is 4. The van der Waals surface area contributed by atoms with E-state index in [2.05, 4.69) is 35.6 Å². The van der Waals surface area contributed by atoms with Crippen LogP contribution in [0.1, 0.15) is 24.6 Å². The van der Waals surface area contributed by atoms with Crippen molar-refractivity contribution in [2.45, 2.75) is 31.0 Å². The number of anilines is 1. The molecular formula is C13H14ClN9O5. The molecule has 0 radical (unpaired) electrons. The molecule has 4 rings (SSSR count). The van der Waals surface area contributed by atoms with E-state index in [1.165, 1.54) is 10.9 Å². The number of nitrogens with zero attached hydrogens (tertiary/aromatic N) is 7. The number of halogens is 1. The number of hydrogen-bond acceptors (Lipinski definition) is 11. The maximum Gasteiger partial charge on any atom is 0.340 e. The van der Waals surface area contributed by atoms with E-state index in [0.717, 1.165) is 0 Å². The van der Waals surface area contributed by atoms with E-state index < -0.39 is 30.5 Å². The number of imidazole rings is 1. The topological polar surface area (TPSA) is 200 Å². The number of carbonyl (C=O) groups is 1. The van der Waals surface area contributed by atoms with Crippen LogP contribution in [0.15, 0.2) is 6.33 Å². The first-order valence-electron chi connectivity index (χ1n) is 8.01. The third kappa shape index (κ3) is 3.33. The summed E-state index contributed by atoms with van der Waals surface area (Å²) >= 11 is 5.85. The number of aliphatic hydroxyl groups excluding tert-OH is 1. The lowest BCUT2D eigenvalue weighted by molar-refractivity contribution is -0.155. The molecule has 0 saturated carbocycles. The van der Waals surface area contributed by atoms with Crippen LogP contribution in [0.5, 0.6) is 0 Å². The van der Waals surface area contributed by atoms with E-state index in [-0.39, 0.29) is 30.0 Å². The molecule has 0 spiro atoms. The van der Waals surface area contributed by atoms with E-state index in [0.29, 0.717) is 11.2 Å². The van der Waals surface area contributed by atoms with Crippen LogP contribution in [-0.4, -0.2) is 75.1 Å². The second kappa shape index (κ2) is 7.23. The number of fused-ring (bicyclic) bond motifs is 1. The summed E-state index contributed by atoms with van der Waals surface area (Å²) in [6.07, 6.45) is -2.14. The molecule has 1 aliphatic heterocycles. The van der Waals surface area contributed by atoms with Gasteiger partial charge < -0.3 is 25.4 Å². The van der Waals surface area contributed by atoms with Crippen LogP contribution in [0.4, 0.5) is 5.82 Å². The van der Waals surface area contributed by atoms with Crippen molar-refractivity contribution in [2.75, 3.05) is 12.3 Å². The first kappa shape index (κ1) is 18.4. The standard InChI is InChI=1S/C13H14ClN9O5/c14-13-17-8(15)6-10(18-13)23(3-16-6)11-5(24)1-4(28-11)2-27-7(12(25)26)9-19-21-22-20-9/h3-5,7,11,24H,1-2H2,(H,25,26)(H2,15,17,18)(H,19,20,21,22)/t4-,5+,7+,11+/m0/s1. The molecule has 3 aromatic heterocycles. The summed E-state index contributed by atoms with van der Waals surface area (Å²) in [6, 6.07) is 0. The average molecular weight is 412 g/mol. The molecule has 4 atom stereocenters. The number of nitrogens with one attached hydrogen (secondary N) is 1. The number of H-pyrrole nitrogens is 1. The van der Waals surface area contributed by atoms with Gasteiger partial charge in [-0.15, -0.1) is 5.10 Å². The van der Waals surface area contributed by atoms with Gasteiger partial charge in [0.05, 0.1) is 19.0 Å². The molecule has 5 N–H and O–H groups in total. The Labute approximate surface area is 160 Å². The van der Waals surface area contributed by atoms with Gasteiger partial charge in [-0.05, 0) is 22.0 Å². The Bertz CT molecular complexity index is 996. The molecule has 15 heteroatoms. The van der Waals surface area contributed by atoms with E-state index in [1.807, 2.05) is 0 Å². The van der Waals surface area contributed by atoms with Gasteiger partial charge in [-0.2, -0.15) is 9.97 Å². The highest BCUT2D eigenvalue weighted by molar-refractivity contribution is 6.28. The van der Waals surface area contributed by atoms with Crippen molar-refractivity contribution in [1.82, 2.24) is 40.1 Å². The van der Waals surface area contributed by atoms with Crippen molar-refractivity contribution in [3.63, 3.8) is 0 Å². The SMILES string of the molecule is Nc1nc(Cl)nc2c1ncn2[C@@H]1O[C@H](CO[C@@H](C(=O)O)c2nnn[nH]2)C[C@H]1O. The van der Waals surface area contributed by atoms with Crippen LogP contribution in [0.25, 0.3) is 11.2 Å². The minimum Gasteiger partial charge on any atom is -0.479 e. The largest absolute Gasteiger partial charge is 0.479 e. The predicted octanol–water partition coefficient (Wildman–Crippen LogP) is -0.934. The smallest absolute Gasteiger partial charge is 0.340 e. The average Bonchev–Trinajstić information content (AvgIpc) is 3.35. The highest BCUT2D eigenvalue weighted by Gasteiger charge is 2.37. The van der Waals surface area contributed by atoms with Crippen molar-refractivity contribution >= 4 is 34.6 Å². The fourth-order valence-electron chi connectivity index (χ4n) is 2.93. The van der Waals surface area contributed by atoms with E-state index in [9.17, 15) is 15.0 Å². The van der Waals surface area contributed by atoms with Crippen molar-refractivity contribution < 1.29 is 24.5 Å². The second-order valence-corrected chi connectivity index (χ2v) is 6.33. The number of nitrogens with two attached hydrogens (primary N) is 1. The van der Waals surface area contributed by atoms with Crippen molar-refractivity contribution in [1.29, 1.82) is 0 Å². The van der Waals surface area contributed by atoms with E-state index >= 15 is 0 Å². The molecule has 3 aromatic rings. The number of aliphatic hydroxyl groups is 1. The number of ether oxygens (including phenoxy) is 2. The van der Waals surface area contributed by atoms with Crippen LogP contribution in [0.3, 0.4) is 0 Å². The maximum atomic E-state index is 11.3. The molecule has 1 aliphatic rings. The summed E-state index contributed by atoms with van der Waals surface area (Å²) in [6.45, 7) is -0.115. The molecule has 28 heavy (non-hydrogen) atoms. The second-order valence-electron chi connectivity index (χ2n) is 5.99. The quantitative estimate of drug-likeness (QED) is 0.363. The van der Waals surface area contributed by atoms with Crippen molar-refractivity contribution in [3.05, 3.63) is 17.4 Å². The predicted molar refractivity (Wildman–Crippen MR) is 89.8 cm³/mol. The Morgan fingerprint density at radius 2 is 2.36 bits per heavy atom. The number of aromatic nitrogens is 8. The molecule has 0 unspecified atom stereocenters. The molecule has 1 fully saturated rings. The van der Waals surface area contributed by atoms with Crippen LogP contribution < -0.4 is 5.73 Å². The first-order chi connectivity index (χ1) is 13.4. The van der Waals surface area contributed by atoms with Gasteiger partial charge in [-0.25, -0.2) is 14.9 Å². The summed E-state index contributed by atoms with van der Waals surface area (Å²) in [4.78, 5) is 23.4. The van der Waals surface area contributed by atoms with Crippen LogP contribution in [0, 0.1) is 0 Å². The third-order valence-electron chi connectivity index (χ3n) is 4.14. The maximum absolute atomic E-state index is 11.3. The Hall–Kier alpha value is -2.94. The molecule has 1 saturated heterocycles. The zero-order chi connectivity index (χ0) is 19.8. The van der Waals surface area contributed by atoms with Crippen molar-refractivity contribution in [3.8, 4) is 0 Å². The molecule has 14 nitrogen and oxygen atoms in total. The van der Waals surface area contributed by atoms with Gasteiger partial charge in [0.1, 0.15) is 11.6 Å². The Balaban J connectivity index is 1.49. The zero-order valence-corrected chi connectivity index (χ0v) is 14.8. The zero-order valence-electron chi connectivity index (χ0n) is 14.0. The van der Waals surface area contributed by atoms with Gasteiger partial charge in [0.15, 0.2) is 23.5 Å². The number of aliphatic carboxylic acids is 1. The molecule has 0 aliphatic carbocycles. The Morgan fingerprint density at radius 1 is 1.54 bits per heavy atom. The number of tetrazole rings is 1. The molecule has 0 bridgehead atoms. The minimum atomic E-state index is -1.39. The fraction of sp³-hybridized carbons (Fsp3) is 0.462. The summed E-state index contributed by atoms with van der Waals surface area (Å²) in [5.74, 6) is -1.22. The number of carboxylic acids is 1. The Kier molecular flexibility index (Phi) is 4.76. The lowest BCUT2D eigenvalue weighted by atomic mass is 10.2. The van der Waals surface area contributed by atoms with Crippen LogP contribution in [0.2, 0.25) is 5.28 Å². The third-order valence-corrected chi connectivity index (χ3v) is 4.31. The van der Waals surface area contributed by atoms with Gasteiger partial charge in [-0.3, -0.25) is 4.57 Å². The molecular weight excluding hydrogens is 398 g/mol. The highest BCUT2D eigenvalue weighted by Crippen LogP contribution is 2.32. The fourth-order valence-corrected chi connectivity index (χ4v) is 3.10. The van der Waals surface area contributed by atoms with Gasteiger partial charge in [0.2, 0.25) is 11.4 Å². The molecule has 148 valence electrons. The lowest BCUT2D eigenvalue weighted by Crippen LogP contribution is -2.23.